The number of alkyl halides is 3. The zero-order valence-corrected chi connectivity index (χ0v) is 14.3. The maximum Gasteiger partial charge on any atom is 0.573 e. The van der Waals surface area contributed by atoms with Crippen molar-refractivity contribution in [3.63, 3.8) is 0 Å². The van der Waals surface area contributed by atoms with Crippen LogP contribution in [0.2, 0.25) is 0 Å². The third-order valence-electron chi connectivity index (χ3n) is 3.66. The molecule has 0 aliphatic heterocycles. The number of halogens is 3. The topological polar surface area (TPSA) is 103 Å². The van der Waals surface area contributed by atoms with Crippen LogP contribution in [0, 0.1) is 0 Å². The molecular formula is C18H15F3N4O3. The van der Waals surface area contributed by atoms with Crippen molar-refractivity contribution >= 4 is 5.91 Å². The van der Waals surface area contributed by atoms with Crippen LogP contribution in [0.1, 0.15) is 22.3 Å². The van der Waals surface area contributed by atoms with Crippen LogP contribution in [0.15, 0.2) is 59.1 Å². The third kappa shape index (κ3) is 4.86. The quantitative estimate of drug-likeness (QED) is 0.668. The fraction of sp³-hybridized carbons (Fsp3) is 0.167. The molecule has 3 aromatic rings. The Hall–Kier alpha value is -3.40. The average Bonchev–Trinajstić information content (AvgIpc) is 3.16. The minimum Gasteiger partial charge on any atom is -0.406 e. The van der Waals surface area contributed by atoms with E-state index < -0.39 is 12.4 Å². The van der Waals surface area contributed by atoms with Crippen LogP contribution < -0.4 is 15.8 Å². The lowest BCUT2D eigenvalue weighted by atomic mass is 10.2. The number of aromatic nitrogens is 2. The molecule has 1 aromatic heterocycles. The smallest absolute Gasteiger partial charge is 0.406 e. The van der Waals surface area contributed by atoms with E-state index in [1.165, 1.54) is 12.1 Å². The van der Waals surface area contributed by atoms with Gasteiger partial charge in [0.1, 0.15) is 11.8 Å². The molecule has 1 atom stereocenters. The van der Waals surface area contributed by atoms with Crippen LogP contribution in [0.3, 0.4) is 0 Å². The predicted molar refractivity (Wildman–Crippen MR) is 92.1 cm³/mol. The average molecular weight is 392 g/mol. The van der Waals surface area contributed by atoms with Gasteiger partial charge < -0.3 is 20.3 Å². The highest BCUT2D eigenvalue weighted by Crippen LogP contribution is 2.26. The number of carbonyl (C=O) groups excluding carboxylic acids is 1. The predicted octanol–water partition coefficient (Wildman–Crippen LogP) is 3.07. The molecule has 28 heavy (non-hydrogen) atoms. The van der Waals surface area contributed by atoms with Crippen LogP contribution in [0.25, 0.3) is 11.4 Å². The molecule has 0 spiro atoms. The standard InChI is InChI=1S/C18H15F3N4O3/c19-18(20,21)27-13-8-6-11(7-9-13)15-24-17(28-25-15)14(10-22)23-16(26)12-4-2-1-3-5-12/h1-9,14H,10,22H2,(H,23,26). The second-order valence-electron chi connectivity index (χ2n) is 5.66. The van der Waals surface area contributed by atoms with Gasteiger partial charge in [0.2, 0.25) is 5.82 Å². The largest absolute Gasteiger partial charge is 0.573 e. The molecule has 146 valence electrons. The summed E-state index contributed by atoms with van der Waals surface area (Å²) in [4.78, 5) is 16.4. The van der Waals surface area contributed by atoms with Gasteiger partial charge in [-0.1, -0.05) is 23.4 Å². The first-order chi connectivity index (χ1) is 13.4. The van der Waals surface area contributed by atoms with E-state index >= 15 is 0 Å². The maximum atomic E-state index is 12.3. The normalized spacial score (nSPS) is 12.4. The lowest BCUT2D eigenvalue weighted by Gasteiger charge is -2.12. The SMILES string of the molecule is NCC(NC(=O)c1ccccc1)c1nc(-c2ccc(OC(F)(F)F)cc2)no1. The molecule has 2 aromatic carbocycles. The van der Waals surface area contributed by atoms with Crippen molar-refractivity contribution in [1.29, 1.82) is 0 Å². The summed E-state index contributed by atoms with van der Waals surface area (Å²) in [7, 11) is 0. The molecule has 7 nitrogen and oxygen atoms in total. The minimum absolute atomic E-state index is 0.0125. The van der Waals surface area contributed by atoms with E-state index in [4.69, 9.17) is 10.3 Å². The minimum atomic E-state index is -4.77. The Morgan fingerprint density at radius 1 is 1.14 bits per heavy atom. The summed E-state index contributed by atoms with van der Waals surface area (Å²) < 4.78 is 45.6. The van der Waals surface area contributed by atoms with E-state index in [9.17, 15) is 18.0 Å². The number of ether oxygens (including phenoxy) is 1. The van der Waals surface area contributed by atoms with Crippen LogP contribution in [0.5, 0.6) is 5.75 Å². The molecule has 0 saturated carbocycles. The Morgan fingerprint density at radius 2 is 1.82 bits per heavy atom. The number of carbonyl (C=O) groups is 1. The number of benzene rings is 2. The fourth-order valence-electron chi connectivity index (χ4n) is 2.35. The van der Waals surface area contributed by atoms with Crippen molar-refractivity contribution in [2.45, 2.75) is 12.4 Å². The summed E-state index contributed by atoms with van der Waals surface area (Å²) in [5, 5.41) is 6.48. The Kier molecular flexibility index (Phi) is 5.59. The van der Waals surface area contributed by atoms with E-state index in [1.807, 2.05) is 0 Å². The molecule has 0 fully saturated rings. The molecule has 0 aliphatic carbocycles. The van der Waals surface area contributed by atoms with Crippen molar-refractivity contribution in [3.05, 3.63) is 66.1 Å². The number of hydrogen-bond acceptors (Lipinski definition) is 6. The van der Waals surface area contributed by atoms with Gasteiger partial charge in [-0.15, -0.1) is 13.2 Å². The summed E-state index contributed by atoms with van der Waals surface area (Å²) in [6.07, 6.45) is -4.77. The van der Waals surface area contributed by atoms with Crippen LogP contribution in [-0.4, -0.2) is 29.0 Å². The molecule has 3 N–H and O–H groups in total. The van der Waals surface area contributed by atoms with Gasteiger partial charge in [0.25, 0.3) is 11.8 Å². The van der Waals surface area contributed by atoms with Crippen molar-refractivity contribution in [2.24, 2.45) is 5.73 Å². The highest BCUT2D eigenvalue weighted by Gasteiger charge is 2.31. The van der Waals surface area contributed by atoms with Crippen LogP contribution in [-0.2, 0) is 0 Å². The van der Waals surface area contributed by atoms with Crippen molar-refractivity contribution < 1.29 is 27.2 Å². The Bertz CT molecular complexity index is 927. The summed E-state index contributed by atoms with van der Waals surface area (Å²) >= 11 is 0. The van der Waals surface area contributed by atoms with Gasteiger partial charge in [0.05, 0.1) is 0 Å². The van der Waals surface area contributed by atoms with E-state index in [1.54, 1.807) is 30.3 Å². The zero-order chi connectivity index (χ0) is 20.1. The lowest BCUT2D eigenvalue weighted by molar-refractivity contribution is -0.274. The van der Waals surface area contributed by atoms with Gasteiger partial charge in [-0.3, -0.25) is 4.79 Å². The van der Waals surface area contributed by atoms with E-state index in [0.29, 0.717) is 11.1 Å². The molecule has 0 aliphatic rings. The second-order valence-corrected chi connectivity index (χ2v) is 5.66. The Balaban J connectivity index is 1.72. The van der Waals surface area contributed by atoms with E-state index in [-0.39, 0.29) is 29.9 Å². The van der Waals surface area contributed by atoms with Crippen molar-refractivity contribution in [3.8, 4) is 17.1 Å². The number of hydrogen-bond donors (Lipinski definition) is 2. The molecule has 0 bridgehead atoms. The second kappa shape index (κ2) is 8.09. The van der Waals surface area contributed by atoms with E-state index in [2.05, 4.69) is 20.2 Å². The van der Waals surface area contributed by atoms with Crippen LogP contribution >= 0.6 is 0 Å². The molecular weight excluding hydrogens is 377 g/mol. The number of nitrogens with one attached hydrogen (secondary N) is 1. The molecule has 0 saturated heterocycles. The Labute approximate surface area is 157 Å². The number of amides is 1. The maximum absolute atomic E-state index is 12.3. The highest BCUT2D eigenvalue weighted by molar-refractivity contribution is 5.94. The molecule has 10 heteroatoms. The third-order valence-corrected chi connectivity index (χ3v) is 3.66. The van der Waals surface area contributed by atoms with Gasteiger partial charge in [-0.05, 0) is 36.4 Å². The molecule has 0 radical (unpaired) electrons. The summed E-state index contributed by atoms with van der Waals surface area (Å²) in [5.74, 6) is -0.502. The summed E-state index contributed by atoms with van der Waals surface area (Å²) in [6, 6.07) is 12.8. The number of nitrogens with two attached hydrogens (primary N) is 1. The van der Waals surface area contributed by atoms with Gasteiger partial charge in [-0.2, -0.15) is 4.98 Å². The van der Waals surface area contributed by atoms with Crippen LogP contribution in [0.4, 0.5) is 13.2 Å². The Morgan fingerprint density at radius 3 is 2.43 bits per heavy atom. The first-order valence-corrected chi connectivity index (χ1v) is 8.11. The first-order valence-electron chi connectivity index (χ1n) is 8.11. The molecule has 1 amide bonds. The summed E-state index contributed by atoms with van der Waals surface area (Å²) in [6.45, 7) is 0.0125. The molecule has 1 unspecified atom stereocenters. The summed E-state index contributed by atoms with van der Waals surface area (Å²) in [5.41, 5.74) is 6.55. The number of rotatable bonds is 6. The zero-order valence-electron chi connectivity index (χ0n) is 14.3. The number of nitrogens with zero attached hydrogens (tertiary/aromatic N) is 2. The lowest BCUT2D eigenvalue weighted by Crippen LogP contribution is -2.33. The van der Waals surface area contributed by atoms with Crippen molar-refractivity contribution in [1.82, 2.24) is 15.5 Å². The monoisotopic (exact) mass is 392 g/mol. The van der Waals surface area contributed by atoms with Gasteiger partial charge in [-0.25, -0.2) is 0 Å². The van der Waals surface area contributed by atoms with Gasteiger partial charge in [0, 0.05) is 17.7 Å². The van der Waals surface area contributed by atoms with Gasteiger partial charge in [0.15, 0.2) is 0 Å². The van der Waals surface area contributed by atoms with Gasteiger partial charge >= 0.3 is 6.36 Å². The van der Waals surface area contributed by atoms with E-state index in [0.717, 1.165) is 12.1 Å². The molecule has 1 heterocycles. The first kappa shape index (κ1) is 19.4. The fourth-order valence-corrected chi connectivity index (χ4v) is 2.35. The van der Waals surface area contributed by atoms with Crippen molar-refractivity contribution in [2.75, 3.05) is 6.54 Å². The highest BCUT2D eigenvalue weighted by atomic mass is 19.4. The molecule has 3 rings (SSSR count).